The van der Waals surface area contributed by atoms with Crippen molar-refractivity contribution in [2.45, 2.75) is 79.2 Å². The summed E-state index contributed by atoms with van der Waals surface area (Å²) in [5, 5.41) is 9.74. The third-order valence-corrected chi connectivity index (χ3v) is 20.8. The van der Waals surface area contributed by atoms with Crippen LogP contribution in [0.2, 0.25) is 13.3 Å². The van der Waals surface area contributed by atoms with Crippen molar-refractivity contribution in [1.29, 1.82) is 0 Å². The molecule has 0 bridgehead atoms. The minimum atomic E-state index is -2.46. The second kappa shape index (κ2) is 11.3. The van der Waals surface area contributed by atoms with Crippen molar-refractivity contribution in [3.63, 3.8) is 0 Å². The summed E-state index contributed by atoms with van der Waals surface area (Å²) in [6, 6.07) is 8.40. The molecule has 0 amide bonds. The van der Waals surface area contributed by atoms with Gasteiger partial charge in [-0.1, -0.05) is 0 Å². The Morgan fingerprint density at radius 2 is 1.39 bits per heavy atom. The maximum absolute atomic E-state index is 9.74. The van der Waals surface area contributed by atoms with Crippen molar-refractivity contribution in [3.8, 4) is 0 Å². The molecule has 0 aliphatic heterocycles. The van der Waals surface area contributed by atoms with Gasteiger partial charge in [-0.15, -0.1) is 0 Å². The summed E-state index contributed by atoms with van der Waals surface area (Å²) in [7, 11) is 0. The van der Waals surface area contributed by atoms with Crippen LogP contribution in [-0.2, 0) is 6.61 Å². The summed E-state index contributed by atoms with van der Waals surface area (Å²) in [5.74, 6) is 0. The summed E-state index contributed by atoms with van der Waals surface area (Å²) in [6.07, 6.45) is 7.90. The Morgan fingerprint density at radius 1 is 0.913 bits per heavy atom. The average Bonchev–Trinajstić information content (AvgIpc) is 2.60. The first-order valence-corrected chi connectivity index (χ1v) is 17.0. The van der Waals surface area contributed by atoms with Crippen LogP contribution in [0.25, 0.3) is 3.59 Å². The molecular formula is C21H36OSn. The van der Waals surface area contributed by atoms with E-state index in [1.165, 1.54) is 61.0 Å². The topological polar surface area (TPSA) is 20.2 Å². The Balaban J connectivity index is 3.18. The predicted molar refractivity (Wildman–Crippen MR) is 106 cm³/mol. The fourth-order valence-electron chi connectivity index (χ4n) is 3.61. The quantitative estimate of drug-likeness (QED) is 0.377. The molecule has 0 radical (unpaired) electrons. The number of aliphatic hydroxyl groups excluding tert-OH is 1. The van der Waals surface area contributed by atoms with E-state index in [4.69, 9.17) is 0 Å². The van der Waals surface area contributed by atoms with Crippen LogP contribution in [0.15, 0.2) is 30.8 Å². The SMILES string of the molecule is C=[C](c1ccccc1CO)[Sn]([CH2]CCC)([CH2]CCC)[CH2]CCC. The van der Waals surface area contributed by atoms with Crippen LogP contribution in [0.5, 0.6) is 0 Å². The van der Waals surface area contributed by atoms with E-state index in [9.17, 15) is 5.11 Å². The third kappa shape index (κ3) is 5.94. The molecule has 1 rings (SSSR count). The molecule has 0 aromatic heterocycles. The van der Waals surface area contributed by atoms with E-state index < -0.39 is 18.4 Å². The molecule has 1 aromatic carbocycles. The van der Waals surface area contributed by atoms with Crippen LogP contribution in [0.4, 0.5) is 0 Å². The molecule has 0 atom stereocenters. The molecule has 0 unspecified atom stereocenters. The van der Waals surface area contributed by atoms with Gasteiger partial charge in [-0.3, -0.25) is 0 Å². The molecule has 0 spiro atoms. The Labute approximate surface area is 148 Å². The normalized spacial score (nSPS) is 11.7. The van der Waals surface area contributed by atoms with Crippen LogP contribution in [0.3, 0.4) is 0 Å². The molecule has 0 saturated heterocycles. The molecule has 1 nitrogen and oxygen atoms in total. The number of aliphatic hydroxyl groups is 1. The molecular weight excluding hydrogens is 387 g/mol. The van der Waals surface area contributed by atoms with Gasteiger partial charge in [0.2, 0.25) is 0 Å². The van der Waals surface area contributed by atoms with Gasteiger partial charge in [0.25, 0.3) is 0 Å². The predicted octanol–water partition coefficient (Wildman–Crippen LogP) is 6.58. The summed E-state index contributed by atoms with van der Waals surface area (Å²) in [5.41, 5.74) is 2.34. The van der Waals surface area contributed by atoms with Gasteiger partial charge < -0.3 is 0 Å². The summed E-state index contributed by atoms with van der Waals surface area (Å²) < 4.78 is 5.77. The second-order valence-corrected chi connectivity index (χ2v) is 20.2. The van der Waals surface area contributed by atoms with Gasteiger partial charge in [0.05, 0.1) is 0 Å². The molecule has 2 heteroatoms. The Hall–Kier alpha value is -0.281. The minimum absolute atomic E-state index is 0.131. The van der Waals surface area contributed by atoms with Gasteiger partial charge in [0, 0.05) is 0 Å². The van der Waals surface area contributed by atoms with Gasteiger partial charge >= 0.3 is 148 Å². The van der Waals surface area contributed by atoms with Gasteiger partial charge in [-0.2, -0.15) is 0 Å². The number of unbranched alkanes of at least 4 members (excludes halogenated alkanes) is 3. The molecule has 0 aliphatic carbocycles. The van der Waals surface area contributed by atoms with Crippen molar-refractivity contribution in [3.05, 3.63) is 42.0 Å². The van der Waals surface area contributed by atoms with Crippen LogP contribution in [-0.4, -0.2) is 23.5 Å². The van der Waals surface area contributed by atoms with Crippen LogP contribution < -0.4 is 0 Å². The molecule has 0 fully saturated rings. The number of rotatable bonds is 12. The molecule has 1 aromatic rings. The van der Waals surface area contributed by atoms with Crippen molar-refractivity contribution in [2.75, 3.05) is 0 Å². The van der Waals surface area contributed by atoms with Crippen molar-refractivity contribution in [2.24, 2.45) is 0 Å². The average molecular weight is 423 g/mol. The molecule has 23 heavy (non-hydrogen) atoms. The molecule has 0 aliphatic rings. The third-order valence-electron chi connectivity index (χ3n) is 5.18. The van der Waals surface area contributed by atoms with Crippen LogP contribution in [0, 0.1) is 0 Å². The monoisotopic (exact) mass is 424 g/mol. The fraction of sp³-hybridized carbons (Fsp3) is 0.619. The number of hydrogen-bond acceptors (Lipinski definition) is 1. The molecule has 1 N–H and O–H groups in total. The number of benzene rings is 1. The number of hydrogen-bond donors (Lipinski definition) is 1. The zero-order valence-electron chi connectivity index (χ0n) is 15.5. The van der Waals surface area contributed by atoms with E-state index in [1.807, 2.05) is 6.07 Å². The van der Waals surface area contributed by atoms with E-state index >= 15 is 0 Å². The Morgan fingerprint density at radius 3 is 1.83 bits per heavy atom. The van der Waals surface area contributed by atoms with Crippen LogP contribution in [0.1, 0.15) is 70.4 Å². The summed E-state index contributed by atoms with van der Waals surface area (Å²) >= 11 is -2.46. The Bertz CT molecular complexity index is 445. The van der Waals surface area contributed by atoms with Crippen molar-refractivity contribution < 1.29 is 5.11 Å². The van der Waals surface area contributed by atoms with E-state index in [1.54, 1.807) is 0 Å². The van der Waals surface area contributed by atoms with Gasteiger partial charge in [0.1, 0.15) is 0 Å². The summed E-state index contributed by atoms with van der Waals surface area (Å²) in [6.45, 7) is 11.7. The zero-order valence-corrected chi connectivity index (χ0v) is 18.4. The Kier molecular flexibility index (Phi) is 10.2. The van der Waals surface area contributed by atoms with E-state index in [0.29, 0.717) is 0 Å². The molecule has 0 saturated carbocycles. The van der Waals surface area contributed by atoms with Gasteiger partial charge in [-0.05, 0) is 0 Å². The maximum atomic E-state index is 9.74. The van der Waals surface area contributed by atoms with Gasteiger partial charge in [-0.25, -0.2) is 0 Å². The van der Waals surface area contributed by atoms with E-state index in [2.05, 4.69) is 45.5 Å². The standard InChI is InChI=1S/C9H9O.3C4H9.Sn/c1-2-8-5-3-4-6-9(8)7-10;3*1-3-4-2;/h3-6,10H,1,7H2;3*1,3-4H2,2H3;. The zero-order chi connectivity index (χ0) is 17.1. The molecule has 0 heterocycles. The molecule has 130 valence electrons. The first kappa shape index (κ1) is 20.8. The van der Waals surface area contributed by atoms with Gasteiger partial charge in [0.15, 0.2) is 0 Å². The first-order valence-electron chi connectivity index (χ1n) is 9.53. The van der Waals surface area contributed by atoms with Crippen molar-refractivity contribution in [1.82, 2.24) is 0 Å². The first-order chi connectivity index (χ1) is 11.1. The van der Waals surface area contributed by atoms with E-state index in [0.717, 1.165) is 5.56 Å². The van der Waals surface area contributed by atoms with Crippen LogP contribution >= 0.6 is 0 Å². The summed E-state index contributed by atoms with van der Waals surface area (Å²) in [4.78, 5) is 0. The van der Waals surface area contributed by atoms with E-state index in [-0.39, 0.29) is 6.61 Å². The fourth-order valence-corrected chi connectivity index (χ4v) is 19.5. The van der Waals surface area contributed by atoms with Crippen molar-refractivity contribution >= 4 is 22.0 Å². The second-order valence-electron chi connectivity index (χ2n) is 6.88.